The molecule has 3 aliphatic heterocycles. The number of methoxy groups -OCH3 is 1. The molecule has 3 atom stereocenters. The molecule has 0 aliphatic carbocycles. The zero-order valence-corrected chi connectivity index (χ0v) is 10.5. The summed E-state index contributed by atoms with van der Waals surface area (Å²) in [7, 11) is 1.73. The predicted molar refractivity (Wildman–Crippen MR) is 70.1 cm³/mol. The van der Waals surface area contributed by atoms with Crippen LogP contribution in [0, 0.1) is 5.92 Å². The lowest BCUT2D eigenvalue weighted by Gasteiger charge is -2.24. The van der Waals surface area contributed by atoms with Gasteiger partial charge in [-0.25, -0.2) is 0 Å². The lowest BCUT2D eigenvalue weighted by Crippen LogP contribution is -2.33. The van der Waals surface area contributed by atoms with Gasteiger partial charge in [0, 0.05) is 12.5 Å². The normalized spacial score (nSPS) is 36.2. The molecule has 1 aromatic rings. The van der Waals surface area contributed by atoms with Crippen molar-refractivity contribution in [3.63, 3.8) is 0 Å². The lowest BCUT2D eigenvalue weighted by atomic mass is 9.86. The quantitative estimate of drug-likeness (QED) is 0.743. The summed E-state index contributed by atoms with van der Waals surface area (Å²) in [5, 5.41) is 0. The van der Waals surface area contributed by atoms with Crippen LogP contribution in [0.1, 0.15) is 6.42 Å². The van der Waals surface area contributed by atoms with Gasteiger partial charge in [-0.2, -0.15) is 0 Å². The van der Waals surface area contributed by atoms with Crippen molar-refractivity contribution in [1.29, 1.82) is 0 Å². The van der Waals surface area contributed by atoms with Gasteiger partial charge in [-0.3, -0.25) is 0 Å². The fourth-order valence-electron chi connectivity index (χ4n) is 3.62. The Morgan fingerprint density at radius 2 is 2.28 bits per heavy atom. The third-order valence-electron chi connectivity index (χ3n) is 4.48. The molecule has 2 bridgehead atoms. The van der Waals surface area contributed by atoms with Gasteiger partial charge in [0.2, 0.25) is 0 Å². The molecule has 0 N–H and O–H groups in total. The second kappa shape index (κ2) is 3.51. The predicted octanol–water partition coefficient (Wildman–Crippen LogP) is 2.23. The number of ether oxygens (including phenoxy) is 2. The second-order valence-electron chi connectivity index (χ2n) is 5.46. The van der Waals surface area contributed by atoms with Crippen LogP contribution in [0.15, 0.2) is 36.4 Å². The third kappa shape index (κ3) is 1.28. The van der Waals surface area contributed by atoms with Crippen molar-refractivity contribution in [2.45, 2.75) is 18.1 Å². The molecule has 2 fully saturated rings. The minimum absolute atomic E-state index is 0.0223. The number of hydrogen-bond donors (Lipinski definition) is 0. The number of nitrogens with zero attached hydrogens (tertiary/aromatic N) is 1. The molecule has 0 amide bonds. The number of anilines is 1. The Morgan fingerprint density at radius 3 is 3.06 bits per heavy atom. The molecule has 1 spiro atoms. The maximum Gasteiger partial charge on any atom is 0.142 e. The Labute approximate surface area is 107 Å². The van der Waals surface area contributed by atoms with Crippen LogP contribution in [0.4, 0.5) is 5.69 Å². The van der Waals surface area contributed by atoms with Gasteiger partial charge in [0.05, 0.1) is 25.4 Å². The lowest BCUT2D eigenvalue weighted by molar-refractivity contribution is 0.0351. The van der Waals surface area contributed by atoms with Crippen LogP contribution < -0.4 is 9.64 Å². The van der Waals surface area contributed by atoms with Gasteiger partial charge in [-0.05, 0) is 18.6 Å². The van der Waals surface area contributed by atoms with Crippen molar-refractivity contribution >= 4 is 5.69 Å². The molecule has 3 unspecified atom stereocenters. The number of benzene rings is 1. The van der Waals surface area contributed by atoms with E-state index in [0.29, 0.717) is 12.0 Å². The highest BCUT2D eigenvalue weighted by Gasteiger charge is 2.55. The average Bonchev–Trinajstić information content (AvgIpc) is 3.05. The molecule has 0 saturated carbocycles. The van der Waals surface area contributed by atoms with Crippen molar-refractivity contribution in [2.75, 3.05) is 25.1 Å². The summed E-state index contributed by atoms with van der Waals surface area (Å²) in [6.07, 6.45) is 6.04. The first kappa shape index (κ1) is 10.4. The molecule has 3 nitrogen and oxygen atoms in total. The summed E-state index contributed by atoms with van der Waals surface area (Å²) in [4.78, 5) is 2.40. The Bertz CT molecular complexity index is 513. The van der Waals surface area contributed by atoms with Gasteiger partial charge in [0.15, 0.2) is 0 Å². The molecule has 3 heteroatoms. The smallest absolute Gasteiger partial charge is 0.142 e. The summed E-state index contributed by atoms with van der Waals surface area (Å²) in [6, 6.07) is 8.24. The number of para-hydroxylation sites is 2. The zero-order valence-electron chi connectivity index (χ0n) is 10.5. The van der Waals surface area contributed by atoms with Crippen LogP contribution in [0.5, 0.6) is 5.75 Å². The van der Waals surface area contributed by atoms with Crippen LogP contribution in [0.3, 0.4) is 0 Å². The van der Waals surface area contributed by atoms with Gasteiger partial charge < -0.3 is 14.4 Å². The largest absolute Gasteiger partial charge is 0.495 e. The Hall–Kier alpha value is -1.48. The Kier molecular flexibility index (Phi) is 2.04. The maximum atomic E-state index is 6.12. The van der Waals surface area contributed by atoms with E-state index in [1.54, 1.807) is 7.11 Å². The van der Waals surface area contributed by atoms with E-state index in [0.717, 1.165) is 18.8 Å². The summed E-state index contributed by atoms with van der Waals surface area (Å²) in [6.45, 7) is 2.02. The minimum Gasteiger partial charge on any atom is -0.495 e. The molecule has 4 rings (SSSR count). The van der Waals surface area contributed by atoms with Crippen LogP contribution in [0.2, 0.25) is 0 Å². The number of fused-ring (bicyclic) bond motifs is 1. The topological polar surface area (TPSA) is 21.7 Å². The van der Waals surface area contributed by atoms with E-state index in [1.165, 1.54) is 12.1 Å². The van der Waals surface area contributed by atoms with Crippen molar-refractivity contribution < 1.29 is 9.47 Å². The molecular weight excluding hydrogens is 226 g/mol. The maximum absolute atomic E-state index is 6.12. The average molecular weight is 243 g/mol. The monoisotopic (exact) mass is 243 g/mol. The van der Waals surface area contributed by atoms with Gasteiger partial charge in [0.25, 0.3) is 0 Å². The van der Waals surface area contributed by atoms with Gasteiger partial charge >= 0.3 is 0 Å². The summed E-state index contributed by atoms with van der Waals surface area (Å²) < 4.78 is 11.6. The van der Waals surface area contributed by atoms with Gasteiger partial charge in [0.1, 0.15) is 11.4 Å². The molecule has 0 radical (unpaired) electrons. The SMILES string of the molecule is COc1ccccc1N1CC2CC3C=CC2(C1)O3. The highest BCUT2D eigenvalue weighted by atomic mass is 16.5. The first-order chi connectivity index (χ1) is 8.81. The van der Waals surface area contributed by atoms with E-state index in [2.05, 4.69) is 29.2 Å². The summed E-state index contributed by atoms with van der Waals surface area (Å²) in [5.74, 6) is 1.59. The van der Waals surface area contributed by atoms with E-state index in [9.17, 15) is 0 Å². The summed E-state index contributed by atoms with van der Waals surface area (Å²) in [5.41, 5.74) is 1.16. The minimum atomic E-state index is -0.0223. The molecule has 18 heavy (non-hydrogen) atoms. The van der Waals surface area contributed by atoms with E-state index in [4.69, 9.17) is 9.47 Å². The zero-order chi connectivity index (χ0) is 12.2. The van der Waals surface area contributed by atoms with E-state index < -0.39 is 0 Å². The highest BCUT2D eigenvalue weighted by Crippen LogP contribution is 2.49. The molecule has 0 aromatic heterocycles. The van der Waals surface area contributed by atoms with Crippen molar-refractivity contribution in [1.82, 2.24) is 0 Å². The van der Waals surface area contributed by atoms with Crippen LogP contribution in [0.25, 0.3) is 0 Å². The number of hydrogen-bond acceptors (Lipinski definition) is 3. The number of rotatable bonds is 2. The fraction of sp³-hybridized carbons (Fsp3) is 0.467. The molecular formula is C15H17NO2. The van der Waals surface area contributed by atoms with E-state index >= 15 is 0 Å². The summed E-state index contributed by atoms with van der Waals surface area (Å²) >= 11 is 0. The molecule has 2 saturated heterocycles. The Morgan fingerprint density at radius 1 is 1.39 bits per heavy atom. The molecule has 1 aromatic carbocycles. The van der Waals surface area contributed by atoms with Crippen molar-refractivity contribution in [3.05, 3.63) is 36.4 Å². The molecule has 94 valence electrons. The van der Waals surface area contributed by atoms with Crippen LogP contribution >= 0.6 is 0 Å². The third-order valence-corrected chi connectivity index (χ3v) is 4.48. The highest BCUT2D eigenvalue weighted by molar-refractivity contribution is 5.60. The van der Waals surface area contributed by atoms with E-state index in [-0.39, 0.29) is 5.60 Å². The van der Waals surface area contributed by atoms with Crippen LogP contribution in [-0.4, -0.2) is 31.9 Å². The first-order valence-corrected chi connectivity index (χ1v) is 6.56. The molecule has 3 heterocycles. The standard InChI is InChI=1S/C15H17NO2/c1-17-14-5-3-2-4-13(14)16-9-11-8-12-6-7-15(11,10-16)18-12/h2-7,11-12H,8-10H2,1H3. The van der Waals surface area contributed by atoms with Gasteiger partial charge in [-0.1, -0.05) is 24.3 Å². The van der Waals surface area contributed by atoms with Crippen LogP contribution in [-0.2, 0) is 4.74 Å². The second-order valence-corrected chi connectivity index (χ2v) is 5.46. The van der Waals surface area contributed by atoms with E-state index in [1.807, 2.05) is 12.1 Å². The van der Waals surface area contributed by atoms with Crippen molar-refractivity contribution in [3.8, 4) is 5.75 Å². The van der Waals surface area contributed by atoms with Crippen molar-refractivity contribution in [2.24, 2.45) is 5.92 Å². The Balaban J connectivity index is 1.67. The van der Waals surface area contributed by atoms with Gasteiger partial charge in [-0.15, -0.1) is 0 Å². The molecule has 3 aliphatic rings. The fourth-order valence-corrected chi connectivity index (χ4v) is 3.62. The first-order valence-electron chi connectivity index (χ1n) is 6.56.